The fraction of sp³-hybridized carbons (Fsp3) is 0.235. The van der Waals surface area contributed by atoms with Gasteiger partial charge in [-0.15, -0.1) is 0 Å². The number of hydrogen-bond donors (Lipinski definition) is 4. The molecular formula is C17H19FN2O3S. The molecule has 0 unspecified atom stereocenters. The van der Waals surface area contributed by atoms with Crippen molar-refractivity contribution in [2.24, 2.45) is 0 Å². The number of hydrazine groups is 1. The van der Waals surface area contributed by atoms with E-state index in [1.54, 1.807) is 13.0 Å². The van der Waals surface area contributed by atoms with Crippen molar-refractivity contribution >= 4 is 17.9 Å². The molecule has 128 valence electrons. The van der Waals surface area contributed by atoms with Gasteiger partial charge in [0.1, 0.15) is 5.82 Å². The standard InChI is InChI=1S/C17H19FN2O3S/c1-11-7-13(12-5-3-2-4-6-12)8-15(16(11)18)17(23)19-20-24-14(9-21)10-22/h2-8,14,20-22H,9-10H2,1H3,(H,19,23). The van der Waals surface area contributed by atoms with Crippen LogP contribution in [0, 0.1) is 12.7 Å². The van der Waals surface area contributed by atoms with Crippen LogP contribution in [-0.4, -0.2) is 34.6 Å². The zero-order chi connectivity index (χ0) is 17.5. The smallest absolute Gasteiger partial charge is 0.269 e. The van der Waals surface area contributed by atoms with Crippen LogP contribution in [0.2, 0.25) is 0 Å². The molecule has 2 rings (SSSR count). The number of carbonyl (C=O) groups is 1. The Labute approximate surface area is 144 Å². The van der Waals surface area contributed by atoms with E-state index in [-0.39, 0.29) is 18.8 Å². The van der Waals surface area contributed by atoms with Crippen molar-refractivity contribution in [1.29, 1.82) is 0 Å². The number of nitrogens with one attached hydrogen (secondary N) is 2. The van der Waals surface area contributed by atoms with Crippen LogP contribution in [0.5, 0.6) is 0 Å². The van der Waals surface area contributed by atoms with Crippen molar-refractivity contribution in [3.63, 3.8) is 0 Å². The SMILES string of the molecule is Cc1cc(-c2ccccc2)cc(C(=O)NNSC(CO)CO)c1F. The minimum absolute atomic E-state index is 0.0773. The lowest BCUT2D eigenvalue weighted by Crippen LogP contribution is -2.36. The van der Waals surface area contributed by atoms with Crippen LogP contribution in [0.1, 0.15) is 15.9 Å². The number of aliphatic hydroxyl groups excluding tert-OH is 2. The summed E-state index contributed by atoms with van der Waals surface area (Å²) in [6, 6.07) is 12.6. The Balaban J connectivity index is 2.17. The molecule has 0 atom stereocenters. The van der Waals surface area contributed by atoms with E-state index in [0.717, 1.165) is 23.1 Å². The molecule has 0 heterocycles. The molecule has 0 saturated carbocycles. The van der Waals surface area contributed by atoms with Crippen LogP contribution in [0.3, 0.4) is 0 Å². The normalized spacial score (nSPS) is 10.9. The van der Waals surface area contributed by atoms with Gasteiger partial charge in [-0.2, -0.15) is 4.83 Å². The Morgan fingerprint density at radius 3 is 2.46 bits per heavy atom. The van der Waals surface area contributed by atoms with E-state index < -0.39 is 17.0 Å². The van der Waals surface area contributed by atoms with Gasteiger partial charge in [0.05, 0.1) is 24.0 Å². The number of amides is 1. The molecule has 0 bridgehead atoms. The Bertz CT molecular complexity index is 694. The molecule has 0 radical (unpaired) electrons. The molecule has 0 saturated heterocycles. The van der Waals surface area contributed by atoms with Crippen molar-refractivity contribution in [1.82, 2.24) is 10.3 Å². The highest BCUT2D eigenvalue weighted by molar-refractivity contribution is 7.98. The Kier molecular flexibility index (Phi) is 6.74. The number of carbonyl (C=O) groups excluding carboxylic acids is 1. The average Bonchev–Trinajstić information content (AvgIpc) is 2.61. The summed E-state index contributed by atoms with van der Waals surface area (Å²) < 4.78 is 14.3. The minimum Gasteiger partial charge on any atom is -0.395 e. The summed E-state index contributed by atoms with van der Waals surface area (Å²) in [5.74, 6) is -1.21. The van der Waals surface area contributed by atoms with Gasteiger partial charge in [-0.1, -0.05) is 42.3 Å². The molecule has 2 aromatic rings. The second kappa shape index (κ2) is 8.79. The maximum atomic E-state index is 14.3. The van der Waals surface area contributed by atoms with Crippen molar-refractivity contribution in [2.75, 3.05) is 13.2 Å². The molecule has 4 N–H and O–H groups in total. The highest BCUT2D eigenvalue weighted by Crippen LogP contribution is 2.24. The lowest BCUT2D eigenvalue weighted by Gasteiger charge is -2.13. The van der Waals surface area contributed by atoms with Crippen LogP contribution in [0.15, 0.2) is 42.5 Å². The molecular weight excluding hydrogens is 331 g/mol. The van der Waals surface area contributed by atoms with Crippen LogP contribution >= 0.6 is 11.9 Å². The number of hydrogen-bond acceptors (Lipinski definition) is 5. The number of rotatable bonds is 7. The summed E-state index contributed by atoms with van der Waals surface area (Å²) in [6.45, 7) is 1.11. The fourth-order valence-electron chi connectivity index (χ4n) is 2.09. The van der Waals surface area contributed by atoms with E-state index in [9.17, 15) is 9.18 Å². The van der Waals surface area contributed by atoms with Gasteiger partial charge in [0, 0.05) is 0 Å². The number of halogens is 1. The summed E-state index contributed by atoms with van der Waals surface area (Å²) in [5.41, 5.74) is 4.29. The topological polar surface area (TPSA) is 81.6 Å². The molecule has 0 aromatic heterocycles. The zero-order valence-corrected chi connectivity index (χ0v) is 13.9. The molecule has 7 heteroatoms. The van der Waals surface area contributed by atoms with Crippen LogP contribution in [0.4, 0.5) is 4.39 Å². The van der Waals surface area contributed by atoms with Gasteiger partial charge in [-0.3, -0.25) is 10.2 Å². The second-order valence-corrected chi connectivity index (χ2v) is 6.29. The quantitative estimate of drug-likeness (QED) is 0.454. The Morgan fingerprint density at radius 2 is 1.83 bits per heavy atom. The van der Waals surface area contributed by atoms with Crippen molar-refractivity contribution in [3.05, 3.63) is 59.4 Å². The third kappa shape index (κ3) is 4.55. The molecule has 0 aliphatic carbocycles. The summed E-state index contributed by atoms with van der Waals surface area (Å²) >= 11 is 0.951. The average molecular weight is 350 g/mol. The minimum atomic E-state index is -0.629. The molecule has 1 amide bonds. The van der Waals surface area contributed by atoms with E-state index in [1.165, 1.54) is 6.07 Å². The van der Waals surface area contributed by atoms with Gasteiger partial charge >= 0.3 is 0 Å². The van der Waals surface area contributed by atoms with Crippen LogP contribution in [0.25, 0.3) is 11.1 Å². The van der Waals surface area contributed by atoms with Gasteiger partial charge < -0.3 is 10.2 Å². The first-order valence-corrected chi connectivity index (χ1v) is 8.23. The largest absolute Gasteiger partial charge is 0.395 e. The van der Waals surface area contributed by atoms with E-state index in [1.807, 2.05) is 30.3 Å². The van der Waals surface area contributed by atoms with E-state index in [0.29, 0.717) is 5.56 Å². The molecule has 5 nitrogen and oxygen atoms in total. The molecule has 0 spiro atoms. The third-order valence-electron chi connectivity index (χ3n) is 3.40. The van der Waals surface area contributed by atoms with Crippen LogP contribution in [-0.2, 0) is 0 Å². The number of aryl methyl sites for hydroxylation is 1. The third-order valence-corrected chi connectivity index (χ3v) is 4.26. The maximum absolute atomic E-state index is 14.3. The predicted octanol–water partition coefficient (Wildman–Crippen LogP) is 2.04. The Hall–Kier alpha value is -1.93. The highest BCUT2D eigenvalue weighted by atomic mass is 32.2. The summed E-state index contributed by atoms with van der Waals surface area (Å²) in [6.07, 6.45) is 0. The lowest BCUT2D eigenvalue weighted by molar-refractivity contribution is 0.0942. The van der Waals surface area contributed by atoms with E-state index in [2.05, 4.69) is 10.3 Å². The Morgan fingerprint density at radius 1 is 1.17 bits per heavy atom. The van der Waals surface area contributed by atoms with E-state index >= 15 is 0 Å². The molecule has 0 aliphatic heterocycles. The first-order chi connectivity index (χ1) is 11.6. The molecule has 24 heavy (non-hydrogen) atoms. The molecule has 2 aromatic carbocycles. The molecule has 0 fully saturated rings. The van der Waals surface area contributed by atoms with Gasteiger partial charge in [0.2, 0.25) is 0 Å². The number of aliphatic hydroxyl groups is 2. The van der Waals surface area contributed by atoms with Crippen molar-refractivity contribution < 1.29 is 19.4 Å². The highest BCUT2D eigenvalue weighted by Gasteiger charge is 2.16. The van der Waals surface area contributed by atoms with Gasteiger partial charge in [-0.25, -0.2) is 4.39 Å². The summed E-state index contributed by atoms with van der Waals surface area (Å²) in [4.78, 5) is 14.7. The first kappa shape index (κ1) is 18.4. The van der Waals surface area contributed by atoms with Gasteiger partial charge in [0.25, 0.3) is 5.91 Å². The summed E-state index contributed by atoms with van der Waals surface area (Å²) in [7, 11) is 0. The monoisotopic (exact) mass is 350 g/mol. The van der Waals surface area contributed by atoms with E-state index in [4.69, 9.17) is 10.2 Å². The maximum Gasteiger partial charge on any atom is 0.269 e. The van der Waals surface area contributed by atoms with Gasteiger partial charge in [0.15, 0.2) is 0 Å². The lowest BCUT2D eigenvalue weighted by atomic mass is 9.99. The van der Waals surface area contributed by atoms with Crippen molar-refractivity contribution in [3.8, 4) is 11.1 Å². The fourth-order valence-corrected chi connectivity index (χ4v) is 2.56. The van der Waals surface area contributed by atoms with Gasteiger partial charge in [-0.05, 0) is 35.7 Å². The van der Waals surface area contributed by atoms with Crippen molar-refractivity contribution in [2.45, 2.75) is 12.2 Å². The first-order valence-electron chi connectivity index (χ1n) is 7.35. The zero-order valence-electron chi connectivity index (χ0n) is 13.1. The van der Waals surface area contributed by atoms with Crippen LogP contribution < -0.4 is 10.3 Å². The molecule has 0 aliphatic rings. The number of benzene rings is 2. The second-order valence-electron chi connectivity index (χ2n) is 5.18. The predicted molar refractivity (Wildman–Crippen MR) is 92.7 cm³/mol. The summed E-state index contributed by atoms with van der Waals surface area (Å²) in [5, 5.41) is 17.4.